The summed E-state index contributed by atoms with van der Waals surface area (Å²) in [6, 6.07) is 3.56. The summed E-state index contributed by atoms with van der Waals surface area (Å²) in [4.78, 5) is 16.0. The normalized spacial score (nSPS) is 11.4. The Kier molecular flexibility index (Phi) is 3.94. The minimum absolute atomic E-state index is 0.0906. The van der Waals surface area contributed by atoms with E-state index in [1.165, 1.54) is 17.4 Å². The number of benzene rings is 1. The third-order valence-corrected chi connectivity index (χ3v) is 3.24. The number of hydrogen-bond donors (Lipinski definition) is 3. The molecular weight excluding hydrogens is 283 g/mol. The summed E-state index contributed by atoms with van der Waals surface area (Å²) in [5.41, 5.74) is 6.03. The quantitative estimate of drug-likeness (QED) is 0.348. The van der Waals surface area contributed by atoms with E-state index in [4.69, 9.17) is 10.9 Å². The number of thiazole rings is 1. The summed E-state index contributed by atoms with van der Waals surface area (Å²) in [6.45, 7) is 1.78. The molecule has 0 saturated carbocycles. The molecule has 0 bridgehead atoms. The molecule has 0 aliphatic rings. The number of nitrogens with two attached hydrogens (primary N) is 1. The summed E-state index contributed by atoms with van der Waals surface area (Å²) < 4.78 is 13.2. The van der Waals surface area contributed by atoms with Gasteiger partial charge in [0.05, 0.1) is 10.7 Å². The van der Waals surface area contributed by atoms with Crippen LogP contribution in [0.5, 0.6) is 0 Å². The van der Waals surface area contributed by atoms with Gasteiger partial charge in [-0.05, 0) is 25.1 Å². The van der Waals surface area contributed by atoms with E-state index in [9.17, 15) is 9.18 Å². The van der Waals surface area contributed by atoms with E-state index in [0.29, 0.717) is 0 Å². The number of hydrogen-bond acceptors (Lipinski definition) is 5. The number of nitrogens with zero attached hydrogens (tertiary/aromatic N) is 2. The van der Waals surface area contributed by atoms with Gasteiger partial charge in [-0.1, -0.05) is 5.16 Å². The summed E-state index contributed by atoms with van der Waals surface area (Å²) in [7, 11) is 0. The lowest BCUT2D eigenvalue weighted by Gasteiger charge is -2.09. The van der Waals surface area contributed by atoms with E-state index in [1.807, 2.05) is 0 Å². The lowest BCUT2D eigenvalue weighted by molar-refractivity contribution is 0.102. The number of amidine groups is 1. The SMILES string of the molecule is Cc1nc(C(=O)Nc2ccc(F)cc2/C(N)=N/O)cs1. The topological polar surface area (TPSA) is 101 Å². The molecule has 0 radical (unpaired) electrons. The molecule has 4 N–H and O–H groups in total. The van der Waals surface area contributed by atoms with Crippen LogP contribution < -0.4 is 11.1 Å². The van der Waals surface area contributed by atoms with Gasteiger partial charge in [0.25, 0.3) is 5.91 Å². The first-order chi connectivity index (χ1) is 9.51. The summed E-state index contributed by atoms with van der Waals surface area (Å²) in [5.74, 6) is -1.31. The molecule has 20 heavy (non-hydrogen) atoms. The molecular formula is C12H11FN4O2S. The van der Waals surface area contributed by atoms with Crippen LogP contribution >= 0.6 is 11.3 Å². The highest BCUT2D eigenvalue weighted by molar-refractivity contribution is 7.09. The van der Waals surface area contributed by atoms with Crippen LogP contribution in [0.15, 0.2) is 28.7 Å². The molecule has 1 aromatic heterocycles. The Balaban J connectivity index is 2.32. The Bertz CT molecular complexity index is 684. The number of oxime groups is 1. The Morgan fingerprint density at radius 1 is 1.55 bits per heavy atom. The van der Waals surface area contributed by atoms with Gasteiger partial charge in [-0.15, -0.1) is 11.3 Å². The third kappa shape index (κ3) is 2.91. The van der Waals surface area contributed by atoms with E-state index in [0.717, 1.165) is 17.1 Å². The molecule has 0 atom stereocenters. The molecule has 2 rings (SSSR count). The van der Waals surface area contributed by atoms with Gasteiger partial charge >= 0.3 is 0 Å². The molecule has 1 aromatic carbocycles. The monoisotopic (exact) mass is 294 g/mol. The number of nitrogens with one attached hydrogen (secondary N) is 1. The zero-order chi connectivity index (χ0) is 14.7. The lowest BCUT2D eigenvalue weighted by atomic mass is 10.1. The smallest absolute Gasteiger partial charge is 0.275 e. The average molecular weight is 294 g/mol. The lowest BCUT2D eigenvalue weighted by Crippen LogP contribution is -2.19. The van der Waals surface area contributed by atoms with Crippen LogP contribution in [0.2, 0.25) is 0 Å². The highest BCUT2D eigenvalue weighted by Crippen LogP contribution is 2.18. The molecule has 0 saturated heterocycles. The van der Waals surface area contributed by atoms with Crippen LogP contribution in [0.25, 0.3) is 0 Å². The van der Waals surface area contributed by atoms with Gasteiger partial charge in [-0.25, -0.2) is 9.37 Å². The van der Waals surface area contributed by atoms with E-state index in [1.54, 1.807) is 12.3 Å². The Hall–Kier alpha value is -2.48. The van der Waals surface area contributed by atoms with Gasteiger partial charge in [0.2, 0.25) is 0 Å². The second-order valence-electron chi connectivity index (χ2n) is 3.88. The highest BCUT2D eigenvalue weighted by Gasteiger charge is 2.14. The van der Waals surface area contributed by atoms with Crippen molar-refractivity contribution in [2.45, 2.75) is 6.92 Å². The van der Waals surface area contributed by atoms with Crippen LogP contribution in [-0.2, 0) is 0 Å². The van der Waals surface area contributed by atoms with Crippen LogP contribution in [0.3, 0.4) is 0 Å². The van der Waals surface area contributed by atoms with Crippen molar-refractivity contribution in [3.8, 4) is 0 Å². The van der Waals surface area contributed by atoms with Crippen molar-refractivity contribution >= 4 is 28.8 Å². The average Bonchev–Trinajstić information content (AvgIpc) is 2.86. The van der Waals surface area contributed by atoms with Gasteiger partial charge in [0.15, 0.2) is 5.84 Å². The van der Waals surface area contributed by atoms with Crippen molar-refractivity contribution in [2.24, 2.45) is 10.9 Å². The van der Waals surface area contributed by atoms with Gasteiger partial charge in [-0.2, -0.15) is 0 Å². The highest BCUT2D eigenvalue weighted by atomic mass is 32.1. The van der Waals surface area contributed by atoms with Crippen molar-refractivity contribution in [3.63, 3.8) is 0 Å². The van der Waals surface area contributed by atoms with Crippen LogP contribution in [0.1, 0.15) is 21.1 Å². The Labute approximate surface area is 117 Å². The molecule has 1 amide bonds. The number of anilines is 1. The third-order valence-electron chi connectivity index (χ3n) is 2.47. The van der Waals surface area contributed by atoms with Crippen molar-refractivity contribution < 1.29 is 14.4 Å². The van der Waals surface area contributed by atoms with Crippen LogP contribution in [0.4, 0.5) is 10.1 Å². The number of rotatable bonds is 3. The molecule has 0 fully saturated rings. The zero-order valence-electron chi connectivity index (χ0n) is 10.4. The molecule has 0 aliphatic carbocycles. The largest absolute Gasteiger partial charge is 0.409 e. The first-order valence-corrected chi connectivity index (χ1v) is 6.40. The fourth-order valence-electron chi connectivity index (χ4n) is 1.55. The van der Waals surface area contributed by atoms with E-state index < -0.39 is 11.7 Å². The number of aryl methyl sites for hydroxylation is 1. The van der Waals surface area contributed by atoms with Crippen LogP contribution in [-0.4, -0.2) is 21.9 Å². The van der Waals surface area contributed by atoms with E-state index in [2.05, 4.69) is 15.5 Å². The maximum absolute atomic E-state index is 13.2. The number of carbonyl (C=O) groups is 1. The fourth-order valence-corrected chi connectivity index (χ4v) is 2.14. The van der Waals surface area contributed by atoms with Crippen LogP contribution in [0, 0.1) is 12.7 Å². The van der Waals surface area contributed by atoms with Crippen molar-refractivity contribution in [1.29, 1.82) is 0 Å². The minimum Gasteiger partial charge on any atom is -0.409 e. The Morgan fingerprint density at radius 2 is 2.30 bits per heavy atom. The summed E-state index contributed by atoms with van der Waals surface area (Å²) >= 11 is 1.34. The molecule has 8 heteroatoms. The number of halogens is 1. The second-order valence-corrected chi connectivity index (χ2v) is 4.94. The maximum Gasteiger partial charge on any atom is 0.275 e. The standard InChI is InChI=1S/C12H11FN4O2S/c1-6-15-10(5-20-6)12(18)16-9-3-2-7(13)4-8(9)11(14)17-19/h2-5,19H,1H3,(H2,14,17)(H,16,18). The molecule has 0 spiro atoms. The van der Waals surface area contributed by atoms with Crippen molar-refractivity contribution in [1.82, 2.24) is 4.98 Å². The van der Waals surface area contributed by atoms with Gasteiger partial charge in [0, 0.05) is 10.9 Å². The molecule has 0 unspecified atom stereocenters. The van der Waals surface area contributed by atoms with E-state index in [-0.39, 0.29) is 22.8 Å². The van der Waals surface area contributed by atoms with Gasteiger partial charge in [0.1, 0.15) is 11.5 Å². The van der Waals surface area contributed by atoms with E-state index >= 15 is 0 Å². The van der Waals surface area contributed by atoms with Gasteiger partial charge in [-0.3, -0.25) is 4.79 Å². The van der Waals surface area contributed by atoms with Crippen molar-refractivity contribution in [3.05, 3.63) is 45.7 Å². The van der Waals surface area contributed by atoms with Gasteiger partial charge < -0.3 is 16.3 Å². The molecule has 2 aromatic rings. The minimum atomic E-state index is -0.561. The molecule has 0 aliphatic heterocycles. The molecule has 6 nitrogen and oxygen atoms in total. The Morgan fingerprint density at radius 3 is 2.90 bits per heavy atom. The maximum atomic E-state index is 13.2. The predicted molar refractivity (Wildman–Crippen MR) is 73.7 cm³/mol. The second kappa shape index (κ2) is 5.66. The number of amides is 1. The zero-order valence-corrected chi connectivity index (χ0v) is 11.2. The summed E-state index contributed by atoms with van der Waals surface area (Å²) in [6.07, 6.45) is 0. The molecule has 1 heterocycles. The first kappa shape index (κ1) is 13.9. The van der Waals surface area contributed by atoms with Crippen molar-refractivity contribution in [2.75, 3.05) is 5.32 Å². The predicted octanol–water partition coefficient (Wildman–Crippen LogP) is 1.94. The number of carbonyl (C=O) groups excluding carboxylic acids is 1. The fraction of sp³-hybridized carbons (Fsp3) is 0.0833. The molecule has 104 valence electrons. The summed E-state index contributed by atoms with van der Waals surface area (Å²) in [5, 5.41) is 16.4. The first-order valence-electron chi connectivity index (χ1n) is 5.52. The number of aromatic nitrogens is 1.